The second kappa shape index (κ2) is 11.2. The van der Waals surface area contributed by atoms with Crippen LogP contribution in [0.15, 0.2) is 29.6 Å². The molecule has 29 heavy (non-hydrogen) atoms. The fourth-order valence-electron chi connectivity index (χ4n) is 3.37. The maximum atomic E-state index is 12.2. The molecule has 1 aromatic carbocycles. The summed E-state index contributed by atoms with van der Waals surface area (Å²) in [6.07, 6.45) is 6.68. The van der Waals surface area contributed by atoms with Crippen LogP contribution in [0.3, 0.4) is 0 Å². The minimum atomic E-state index is -0.0589. The SMILES string of the molecule is COc1ccc(NC(=O)CSCc2csc(NC(=O)CC3CCCCC3)n2)cc1. The maximum Gasteiger partial charge on any atom is 0.234 e. The summed E-state index contributed by atoms with van der Waals surface area (Å²) in [6, 6.07) is 7.23. The van der Waals surface area contributed by atoms with Crippen molar-refractivity contribution in [2.45, 2.75) is 44.3 Å². The van der Waals surface area contributed by atoms with E-state index >= 15 is 0 Å². The number of nitrogens with one attached hydrogen (secondary N) is 2. The second-order valence-corrected chi connectivity index (χ2v) is 9.01. The number of thioether (sulfide) groups is 1. The van der Waals surface area contributed by atoms with E-state index in [4.69, 9.17) is 4.74 Å². The first-order chi connectivity index (χ1) is 14.1. The highest BCUT2D eigenvalue weighted by molar-refractivity contribution is 7.99. The molecule has 6 nitrogen and oxygen atoms in total. The number of carbonyl (C=O) groups is 2. The molecule has 2 amide bonds. The van der Waals surface area contributed by atoms with Gasteiger partial charge in [-0.3, -0.25) is 9.59 Å². The van der Waals surface area contributed by atoms with Gasteiger partial charge < -0.3 is 15.4 Å². The monoisotopic (exact) mass is 433 g/mol. The summed E-state index contributed by atoms with van der Waals surface area (Å²) in [4.78, 5) is 28.7. The zero-order chi connectivity index (χ0) is 20.5. The number of nitrogens with zero attached hydrogens (tertiary/aromatic N) is 1. The highest BCUT2D eigenvalue weighted by Crippen LogP contribution is 2.27. The Hall–Kier alpha value is -2.06. The first kappa shape index (κ1) is 21.6. The van der Waals surface area contributed by atoms with Crippen molar-refractivity contribution in [1.82, 2.24) is 4.98 Å². The van der Waals surface area contributed by atoms with Gasteiger partial charge in [-0.15, -0.1) is 23.1 Å². The van der Waals surface area contributed by atoms with Crippen molar-refractivity contribution in [3.05, 3.63) is 35.3 Å². The quantitative estimate of drug-likeness (QED) is 0.586. The summed E-state index contributed by atoms with van der Waals surface area (Å²) < 4.78 is 5.10. The lowest BCUT2D eigenvalue weighted by Gasteiger charge is -2.20. The van der Waals surface area contributed by atoms with Gasteiger partial charge >= 0.3 is 0 Å². The van der Waals surface area contributed by atoms with Crippen LogP contribution in [0.2, 0.25) is 0 Å². The molecule has 1 aliphatic carbocycles. The van der Waals surface area contributed by atoms with E-state index in [0.717, 1.165) is 30.0 Å². The van der Waals surface area contributed by atoms with E-state index in [1.54, 1.807) is 7.11 Å². The molecule has 1 aliphatic rings. The third-order valence-corrected chi connectivity index (χ3v) is 6.63. The van der Waals surface area contributed by atoms with Crippen molar-refractivity contribution in [1.29, 1.82) is 0 Å². The summed E-state index contributed by atoms with van der Waals surface area (Å²) in [5, 5.41) is 8.36. The third kappa shape index (κ3) is 7.36. The number of benzene rings is 1. The summed E-state index contributed by atoms with van der Waals surface area (Å²) in [5.74, 6) is 2.24. The van der Waals surface area contributed by atoms with Gasteiger partial charge in [0, 0.05) is 23.2 Å². The summed E-state index contributed by atoms with van der Waals surface area (Å²) >= 11 is 2.93. The number of rotatable bonds is 9. The highest BCUT2D eigenvalue weighted by atomic mass is 32.2. The standard InChI is InChI=1S/C21H27N3O3S2/c1-27-18-9-7-16(8-10-18)22-20(26)14-28-12-17-13-29-21(23-17)24-19(25)11-15-5-3-2-4-6-15/h7-10,13,15H,2-6,11-12,14H2,1H3,(H,22,26)(H,23,24,25). The Morgan fingerprint density at radius 2 is 1.90 bits per heavy atom. The smallest absolute Gasteiger partial charge is 0.234 e. The van der Waals surface area contributed by atoms with E-state index in [-0.39, 0.29) is 11.8 Å². The summed E-state index contributed by atoms with van der Waals surface area (Å²) in [5.41, 5.74) is 1.62. The largest absolute Gasteiger partial charge is 0.497 e. The molecule has 0 saturated heterocycles. The Kier molecular flexibility index (Phi) is 8.37. The number of ether oxygens (including phenoxy) is 1. The molecule has 0 bridgehead atoms. The average molecular weight is 434 g/mol. The number of amides is 2. The van der Waals surface area contributed by atoms with E-state index < -0.39 is 0 Å². The molecule has 2 aromatic rings. The van der Waals surface area contributed by atoms with Gasteiger partial charge in [0.05, 0.1) is 18.6 Å². The van der Waals surface area contributed by atoms with Crippen molar-refractivity contribution in [3.8, 4) is 5.75 Å². The number of methoxy groups -OCH3 is 1. The van der Waals surface area contributed by atoms with E-state index in [1.165, 1.54) is 42.4 Å². The van der Waals surface area contributed by atoms with Gasteiger partial charge in [-0.25, -0.2) is 4.98 Å². The molecule has 8 heteroatoms. The van der Waals surface area contributed by atoms with Gasteiger partial charge in [0.15, 0.2) is 5.13 Å². The Bertz CT molecular complexity index is 802. The Labute approximate surface area is 179 Å². The zero-order valence-corrected chi connectivity index (χ0v) is 18.2. The molecular weight excluding hydrogens is 406 g/mol. The summed E-state index contributed by atoms with van der Waals surface area (Å²) in [6.45, 7) is 0. The highest BCUT2D eigenvalue weighted by Gasteiger charge is 2.17. The van der Waals surface area contributed by atoms with E-state index in [2.05, 4.69) is 15.6 Å². The van der Waals surface area contributed by atoms with Gasteiger partial charge in [-0.05, 0) is 43.0 Å². The van der Waals surface area contributed by atoms with Crippen LogP contribution in [0, 0.1) is 5.92 Å². The molecule has 0 unspecified atom stereocenters. The molecule has 0 radical (unpaired) electrons. The van der Waals surface area contributed by atoms with Gasteiger partial charge in [-0.2, -0.15) is 0 Å². The average Bonchev–Trinajstić information content (AvgIpc) is 3.16. The van der Waals surface area contributed by atoms with Crippen LogP contribution in [0.25, 0.3) is 0 Å². The van der Waals surface area contributed by atoms with Crippen LogP contribution < -0.4 is 15.4 Å². The molecule has 3 rings (SSSR count). The lowest BCUT2D eigenvalue weighted by molar-refractivity contribution is -0.117. The normalized spacial score (nSPS) is 14.4. The van der Waals surface area contributed by atoms with Crippen molar-refractivity contribution in [2.75, 3.05) is 23.5 Å². The molecule has 1 heterocycles. The molecule has 1 aromatic heterocycles. The summed E-state index contributed by atoms with van der Waals surface area (Å²) in [7, 11) is 1.61. The lowest BCUT2D eigenvalue weighted by atomic mass is 9.87. The molecule has 0 spiro atoms. The Morgan fingerprint density at radius 1 is 1.14 bits per heavy atom. The fourth-order valence-corrected chi connectivity index (χ4v) is 4.92. The van der Waals surface area contributed by atoms with Crippen LogP contribution in [-0.2, 0) is 15.3 Å². The van der Waals surface area contributed by atoms with E-state index in [0.29, 0.717) is 29.0 Å². The zero-order valence-electron chi connectivity index (χ0n) is 16.6. The van der Waals surface area contributed by atoms with Gasteiger partial charge in [0.2, 0.25) is 11.8 Å². The van der Waals surface area contributed by atoms with Crippen molar-refractivity contribution >= 4 is 45.7 Å². The molecule has 1 fully saturated rings. The molecule has 0 aliphatic heterocycles. The third-order valence-electron chi connectivity index (χ3n) is 4.85. The van der Waals surface area contributed by atoms with Gasteiger partial charge in [0.25, 0.3) is 0 Å². The molecule has 156 valence electrons. The molecule has 0 atom stereocenters. The van der Waals surface area contributed by atoms with Crippen LogP contribution in [0.5, 0.6) is 5.75 Å². The van der Waals surface area contributed by atoms with Crippen molar-refractivity contribution in [3.63, 3.8) is 0 Å². The van der Waals surface area contributed by atoms with Crippen molar-refractivity contribution in [2.24, 2.45) is 5.92 Å². The number of carbonyl (C=O) groups excluding carboxylic acids is 2. The van der Waals surface area contributed by atoms with Crippen molar-refractivity contribution < 1.29 is 14.3 Å². The number of thiazole rings is 1. The number of anilines is 2. The number of hydrogen-bond acceptors (Lipinski definition) is 6. The van der Waals surface area contributed by atoms with Crippen LogP contribution >= 0.6 is 23.1 Å². The maximum absolute atomic E-state index is 12.2. The minimum Gasteiger partial charge on any atom is -0.497 e. The van der Waals surface area contributed by atoms with Gasteiger partial charge in [0.1, 0.15) is 5.75 Å². The Balaban J connectivity index is 1.36. The van der Waals surface area contributed by atoms with Crippen LogP contribution in [0.4, 0.5) is 10.8 Å². The molecule has 1 saturated carbocycles. The van der Waals surface area contributed by atoms with Crippen LogP contribution in [-0.4, -0.2) is 29.7 Å². The minimum absolute atomic E-state index is 0.0589. The first-order valence-electron chi connectivity index (χ1n) is 9.88. The predicted molar refractivity (Wildman–Crippen MR) is 120 cm³/mol. The lowest BCUT2D eigenvalue weighted by Crippen LogP contribution is -2.18. The second-order valence-electron chi connectivity index (χ2n) is 7.17. The van der Waals surface area contributed by atoms with Crippen LogP contribution in [0.1, 0.15) is 44.2 Å². The first-order valence-corrected chi connectivity index (χ1v) is 11.9. The number of hydrogen-bond donors (Lipinski definition) is 2. The molecular formula is C21H27N3O3S2. The molecule has 2 N–H and O–H groups in total. The number of aromatic nitrogens is 1. The Morgan fingerprint density at radius 3 is 2.62 bits per heavy atom. The van der Waals surface area contributed by atoms with E-state index in [9.17, 15) is 9.59 Å². The van der Waals surface area contributed by atoms with Gasteiger partial charge in [-0.1, -0.05) is 19.3 Å². The predicted octanol–water partition coefficient (Wildman–Crippen LogP) is 4.93. The van der Waals surface area contributed by atoms with E-state index in [1.807, 2.05) is 29.6 Å². The topological polar surface area (TPSA) is 80.3 Å². The fraction of sp³-hybridized carbons (Fsp3) is 0.476.